The number of carbonyl (C=O) groups is 4. The second-order valence-electron chi connectivity index (χ2n) is 28.2. The van der Waals surface area contributed by atoms with Gasteiger partial charge in [-0.2, -0.15) is 0 Å². The number of hydrogen-bond acceptors (Lipinski definition) is 10. The van der Waals surface area contributed by atoms with Crippen molar-refractivity contribution in [1.82, 2.24) is 19.9 Å². The van der Waals surface area contributed by atoms with E-state index < -0.39 is 0 Å². The fourth-order valence-electron chi connectivity index (χ4n) is 17.0. The van der Waals surface area contributed by atoms with Crippen molar-refractivity contribution in [3.05, 3.63) is 288 Å². The van der Waals surface area contributed by atoms with Gasteiger partial charge in [-0.15, -0.1) is 0 Å². The average molecular weight is 1460 g/mol. The van der Waals surface area contributed by atoms with Gasteiger partial charge < -0.3 is 50.2 Å². The Morgan fingerprint density at radius 3 is 0.705 bits per heavy atom. The summed E-state index contributed by atoms with van der Waals surface area (Å²) in [6, 6.07) is 79.0. The summed E-state index contributed by atoms with van der Waals surface area (Å²) < 4.78 is 26.1. The van der Waals surface area contributed by atoms with Gasteiger partial charge >= 0.3 is 0 Å². The Morgan fingerprint density at radius 1 is 0.259 bits per heavy atom. The van der Waals surface area contributed by atoms with Gasteiger partial charge in [0.25, 0.3) is 0 Å². The molecule has 0 fully saturated rings. The summed E-state index contributed by atoms with van der Waals surface area (Å²) in [5.74, 6) is 0.645. The van der Waals surface area contributed by atoms with Crippen molar-refractivity contribution >= 4 is 136 Å². The molecule has 112 heavy (non-hydrogen) atoms. The quantitative estimate of drug-likeness (QED) is 0.0981. The maximum atomic E-state index is 15.5. The molecule has 4 aliphatic rings. The molecule has 15 aromatic rings. The molecular weight excluding hydrogens is 1390 g/mol. The number of amides is 4. The number of aromatic nitrogens is 4. The van der Waals surface area contributed by atoms with E-state index >= 15 is 19.2 Å². The summed E-state index contributed by atoms with van der Waals surface area (Å²) in [6.45, 7) is 0. The summed E-state index contributed by atoms with van der Waals surface area (Å²) in [7, 11) is 6.47. The number of benzene rings is 12. The molecule has 0 atom stereocenters. The number of rotatable bonds is 4. The molecule has 7 heterocycles. The van der Waals surface area contributed by atoms with Crippen molar-refractivity contribution < 1.29 is 38.1 Å². The predicted octanol–water partition coefficient (Wildman–Crippen LogP) is 20.7. The van der Waals surface area contributed by atoms with E-state index in [4.69, 9.17) is 28.9 Å². The van der Waals surface area contributed by atoms with Crippen LogP contribution in [0.2, 0.25) is 0 Å². The number of H-pyrrole nitrogens is 2. The summed E-state index contributed by atoms with van der Waals surface area (Å²) in [5, 5.41) is 20.4. The third-order valence-corrected chi connectivity index (χ3v) is 21.7. The summed E-state index contributed by atoms with van der Waals surface area (Å²) in [5.41, 5.74) is 17.2. The topological polar surface area (TPSA) is 211 Å². The lowest BCUT2D eigenvalue weighted by atomic mass is 9.87. The molecule has 16 nitrogen and oxygen atoms in total. The molecule has 4 amide bonds. The lowest BCUT2D eigenvalue weighted by Crippen LogP contribution is -2.16. The molecule has 12 aromatic carbocycles. The minimum absolute atomic E-state index is 0.104. The van der Waals surface area contributed by atoms with Gasteiger partial charge in [0.2, 0.25) is 23.6 Å². The molecule has 19 rings (SSSR count). The standard InChI is InChI=1S/C96H70N8O8/c1-109-93-57-45-53-21-5-9-25-61(53)89(93)90-62-26-10-6-22-54(62)46-58(94(90)110-2)50-82(106)102-70-34-18-14-30-66(70)86-74-38-37-73(97-74)85(65-29-13-17-33-69(65)101-81(105)49-57)77-41-42-78(99-77)87-67-31-15-19-35-71(67)103-83(107)51-59-47-55-23-7-11-27-63(55)91(95(59)111-3)92-64-28-12-8-24-56(64)48-60(96(92)112-4)52-84(108)104-72-36-20-16-32-68(72)88(76-40-39-75(87)98-76)80-44-43-79(86)100-80/h5-48,97-98H,49-52H2,1-4H3,(H,101,105)(H,102,106)(H,103,107)(H,104,108). The van der Waals surface area contributed by atoms with Gasteiger partial charge in [0, 0.05) is 134 Å². The highest BCUT2D eigenvalue weighted by atomic mass is 16.5. The highest BCUT2D eigenvalue weighted by Gasteiger charge is 2.31. The Hall–Kier alpha value is -14.6. The van der Waals surface area contributed by atoms with Crippen LogP contribution in [0.25, 0.3) is 156 Å². The second kappa shape index (κ2) is 27.9. The number of hydrogen-bond donors (Lipinski definition) is 6. The largest absolute Gasteiger partial charge is 0.496 e. The monoisotopic (exact) mass is 1460 g/mol. The van der Waals surface area contributed by atoms with Crippen LogP contribution in [-0.2, 0) is 44.9 Å². The first-order valence-corrected chi connectivity index (χ1v) is 37.1. The van der Waals surface area contributed by atoms with Crippen LogP contribution < -0.4 is 40.2 Å². The Bertz CT molecular complexity index is 6020. The van der Waals surface area contributed by atoms with Crippen LogP contribution in [0.1, 0.15) is 45.0 Å². The van der Waals surface area contributed by atoms with Crippen molar-refractivity contribution in [2.24, 2.45) is 0 Å². The Kier molecular flexibility index (Phi) is 16.9. The van der Waals surface area contributed by atoms with E-state index in [0.29, 0.717) is 180 Å². The first kappa shape index (κ1) is 67.9. The molecular formula is C96H70N8O8. The van der Waals surface area contributed by atoms with E-state index in [9.17, 15) is 0 Å². The van der Waals surface area contributed by atoms with Crippen LogP contribution in [-0.4, -0.2) is 72.0 Å². The molecule has 6 N–H and O–H groups in total. The van der Waals surface area contributed by atoms with Crippen molar-refractivity contribution in [1.29, 1.82) is 0 Å². The van der Waals surface area contributed by atoms with Gasteiger partial charge in [-0.05, 0) is 140 Å². The zero-order valence-corrected chi connectivity index (χ0v) is 61.4. The van der Waals surface area contributed by atoms with E-state index in [1.165, 1.54) is 0 Å². The van der Waals surface area contributed by atoms with Crippen LogP contribution in [0.5, 0.6) is 23.0 Å². The first-order valence-electron chi connectivity index (χ1n) is 37.1. The number of ether oxygens (including phenoxy) is 4. The number of nitrogens with zero attached hydrogens (tertiary/aromatic N) is 2. The Balaban J connectivity index is 0.894. The van der Waals surface area contributed by atoms with Crippen LogP contribution in [0.15, 0.2) is 243 Å². The highest BCUT2D eigenvalue weighted by Crippen LogP contribution is 2.52. The maximum absolute atomic E-state index is 15.5. The van der Waals surface area contributed by atoms with Crippen molar-refractivity contribution in [2.45, 2.75) is 25.7 Å². The number of fused-ring (bicyclic) bond motifs is 34. The number of carbonyl (C=O) groups excluding carboxylic acids is 4. The molecule has 16 heteroatoms. The molecule has 3 aromatic heterocycles. The van der Waals surface area contributed by atoms with Crippen LogP contribution in [0, 0.1) is 0 Å². The lowest BCUT2D eigenvalue weighted by Gasteiger charge is -2.22. The number of aromatic amines is 2. The number of methoxy groups -OCH3 is 4. The first-order chi connectivity index (χ1) is 55.0. The molecule has 0 unspecified atom stereocenters. The summed E-state index contributed by atoms with van der Waals surface area (Å²) in [4.78, 5) is 81.0. The fourth-order valence-corrected chi connectivity index (χ4v) is 17.0. The van der Waals surface area contributed by atoms with Gasteiger partial charge in [-0.1, -0.05) is 170 Å². The minimum Gasteiger partial charge on any atom is -0.496 e. The molecule has 0 saturated carbocycles. The molecule has 20 bridgehead atoms. The third-order valence-electron chi connectivity index (χ3n) is 21.7. The van der Waals surface area contributed by atoms with E-state index in [1.807, 2.05) is 267 Å². The average Bonchev–Trinajstić information content (AvgIpc) is 0.856. The Morgan fingerprint density at radius 2 is 0.473 bits per heavy atom. The van der Waals surface area contributed by atoms with Crippen molar-refractivity contribution in [2.75, 3.05) is 49.7 Å². The summed E-state index contributed by atoms with van der Waals surface area (Å²) >= 11 is 0. The molecule has 0 spiro atoms. The van der Waals surface area contributed by atoms with Gasteiger partial charge in [0.15, 0.2) is 0 Å². The van der Waals surface area contributed by atoms with Gasteiger partial charge in [-0.25, -0.2) is 9.97 Å². The highest BCUT2D eigenvalue weighted by molar-refractivity contribution is 6.16. The molecule has 0 saturated heterocycles. The molecule has 0 radical (unpaired) electrons. The fraction of sp³-hybridized carbons (Fsp3) is 0.0833. The maximum Gasteiger partial charge on any atom is 0.228 e. The third kappa shape index (κ3) is 11.7. The number of para-hydroxylation sites is 4. The zero-order chi connectivity index (χ0) is 75.8. The number of nitrogens with one attached hydrogen (secondary N) is 6. The van der Waals surface area contributed by atoms with Gasteiger partial charge in [0.05, 0.1) is 76.9 Å². The molecule has 4 aliphatic heterocycles. The van der Waals surface area contributed by atoms with Gasteiger partial charge in [-0.3, -0.25) is 19.2 Å². The molecule has 542 valence electrons. The molecule has 0 aliphatic carbocycles. The van der Waals surface area contributed by atoms with Crippen molar-refractivity contribution in [3.63, 3.8) is 0 Å². The van der Waals surface area contributed by atoms with Gasteiger partial charge in [0.1, 0.15) is 23.0 Å². The second-order valence-corrected chi connectivity index (χ2v) is 28.2. The van der Waals surface area contributed by atoms with E-state index in [1.54, 1.807) is 28.4 Å². The van der Waals surface area contributed by atoms with Crippen molar-refractivity contribution in [3.8, 4) is 89.8 Å². The zero-order valence-electron chi connectivity index (χ0n) is 61.4. The van der Waals surface area contributed by atoms with E-state index in [-0.39, 0.29) is 49.3 Å². The summed E-state index contributed by atoms with van der Waals surface area (Å²) in [6.07, 6.45) is 7.49. The lowest BCUT2D eigenvalue weighted by molar-refractivity contribution is -0.116. The van der Waals surface area contributed by atoms with E-state index in [0.717, 1.165) is 43.1 Å². The van der Waals surface area contributed by atoms with Crippen LogP contribution >= 0.6 is 0 Å². The number of anilines is 4. The van der Waals surface area contributed by atoms with E-state index in [2.05, 4.69) is 31.2 Å². The normalized spacial score (nSPS) is 13.3. The SMILES string of the molecule is COc1c2cc3ccccc3c1-c1c(OC)c(cc3ccccc13)CC(=O)Nc1ccccc1-c1c3nc(c4c5ccc([nH]5)c(c5nc(c(c6ccc1[nH]6)-c1ccccc1NC(=O)C2)C=C5)-c1ccccc1NC(=O)Cc1cc2ccccc2c(c1OC)-c1c(OC)c(cc2ccccc12)CC(=O)Nc1ccccc1-4)C=C3. The Labute approximate surface area is 643 Å². The van der Waals surface area contributed by atoms with Crippen LogP contribution in [0.4, 0.5) is 22.7 Å². The predicted molar refractivity (Wildman–Crippen MR) is 450 cm³/mol. The smallest absolute Gasteiger partial charge is 0.228 e. The van der Waals surface area contributed by atoms with Crippen LogP contribution in [0.3, 0.4) is 0 Å². The minimum atomic E-state index is -0.317.